The first-order chi connectivity index (χ1) is 23.5. The molecule has 11 nitrogen and oxygen atoms in total. The van der Waals surface area contributed by atoms with E-state index in [1.165, 1.54) is 12.1 Å². The van der Waals surface area contributed by atoms with Crippen LogP contribution in [0, 0.1) is 5.41 Å². The van der Waals surface area contributed by atoms with Crippen LogP contribution in [0.25, 0.3) is 10.1 Å². The number of rotatable bonds is 7. The Balaban J connectivity index is 1.27. The predicted octanol–water partition coefficient (Wildman–Crippen LogP) is 5.22. The van der Waals surface area contributed by atoms with Crippen LogP contribution in [0.4, 0.5) is 8.78 Å². The molecule has 0 saturated carbocycles. The summed E-state index contributed by atoms with van der Waals surface area (Å²) in [6.45, 7) is 6.54. The van der Waals surface area contributed by atoms with Crippen LogP contribution in [-0.2, 0) is 37.5 Å². The fourth-order valence-electron chi connectivity index (χ4n) is 6.34. The summed E-state index contributed by atoms with van der Waals surface area (Å²) in [5, 5.41) is 3.04. The van der Waals surface area contributed by atoms with Crippen molar-refractivity contribution in [2.45, 2.75) is 57.6 Å². The summed E-state index contributed by atoms with van der Waals surface area (Å²) < 4.78 is 46.6. The molecule has 3 N–H and O–H groups in total. The zero-order chi connectivity index (χ0) is 36.0. The van der Waals surface area contributed by atoms with Crippen molar-refractivity contribution in [1.82, 2.24) is 20.1 Å². The number of pyridine rings is 1. The van der Waals surface area contributed by atoms with Crippen LogP contribution in [-0.4, -0.2) is 74.1 Å². The second-order valence-electron chi connectivity index (χ2n) is 13.6. The third kappa shape index (κ3) is 7.08. The van der Waals surface area contributed by atoms with Crippen molar-refractivity contribution in [3.05, 3.63) is 100 Å². The van der Waals surface area contributed by atoms with Gasteiger partial charge in [-0.15, -0.1) is 11.3 Å². The number of amides is 3. The Morgan fingerprint density at radius 2 is 1.74 bits per heavy atom. The van der Waals surface area contributed by atoms with Gasteiger partial charge in [0.05, 0.1) is 18.0 Å². The second kappa shape index (κ2) is 13.6. The van der Waals surface area contributed by atoms with Crippen molar-refractivity contribution < 1.29 is 42.3 Å². The Hall–Kier alpha value is -4.07. The summed E-state index contributed by atoms with van der Waals surface area (Å²) in [7, 11) is -5.79. The molecule has 4 aromatic rings. The predicted molar refractivity (Wildman–Crippen MR) is 182 cm³/mol. The lowest BCUT2D eigenvalue weighted by atomic mass is 9.84. The number of hydrogen-bond acceptors (Lipinski definition) is 7. The Bertz CT molecular complexity index is 1980. The number of aromatic nitrogens is 1. The lowest BCUT2D eigenvalue weighted by molar-refractivity contribution is -0.153. The van der Waals surface area contributed by atoms with E-state index in [1.54, 1.807) is 43.0 Å². The highest BCUT2D eigenvalue weighted by Gasteiger charge is 2.50. The summed E-state index contributed by atoms with van der Waals surface area (Å²) in [4.78, 5) is 68.4. The van der Waals surface area contributed by atoms with Crippen molar-refractivity contribution in [1.29, 1.82) is 0 Å². The van der Waals surface area contributed by atoms with E-state index in [0.29, 0.717) is 30.8 Å². The molecule has 0 spiro atoms. The van der Waals surface area contributed by atoms with Crippen LogP contribution in [0.1, 0.15) is 58.8 Å². The molecule has 6 rings (SSSR count). The van der Waals surface area contributed by atoms with Crippen LogP contribution in [0.2, 0.25) is 0 Å². The van der Waals surface area contributed by atoms with Crippen LogP contribution in [0.5, 0.6) is 0 Å². The topological polar surface area (TPSA) is 149 Å². The van der Waals surface area contributed by atoms with E-state index in [1.807, 2.05) is 36.4 Å². The van der Waals surface area contributed by atoms with Crippen molar-refractivity contribution in [3.63, 3.8) is 0 Å². The molecule has 2 aliphatic heterocycles. The number of morpholine rings is 1. The minimum absolute atomic E-state index is 0.116. The van der Waals surface area contributed by atoms with Gasteiger partial charge in [-0.25, -0.2) is 0 Å². The van der Waals surface area contributed by atoms with E-state index in [4.69, 9.17) is 4.74 Å². The fourth-order valence-corrected chi connectivity index (χ4v) is 7.76. The van der Waals surface area contributed by atoms with Gasteiger partial charge in [-0.05, 0) is 57.8 Å². The molecule has 4 heterocycles. The van der Waals surface area contributed by atoms with Crippen molar-refractivity contribution in [3.8, 4) is 0 Å². The van der Waals surface area contributed by atoms with Gasteiger partial charge >= 0.3 is 13.3 Å². The van der Waals surface area contributed by atoms with E-state index in [9.17, 15) is 37.5 Å². The largest absolute Gasteiger partial charge is 0.399 e. The Labute approximate surface area is 291 Å². The van der Waals surface area contributed by atoms with Crippen molar-refractivity contribution in [2.75, 3.05) is 19.7 Å². The quantitative estimate of drug-likeness (QED) is 0.220. The first-order valence-corrected chi connectivity index (χ1v) is 18.4. The number of ether oxygens (including phenoxy) is 1. The van der Waals surface area contributed by atoms with E-state index in [0.717, 1.165) is 40.2 Å². The number of nitrogens with zero attached hydrogens (tertiary/aromatic N) is 3. The van der Waals surface area contributed by atoms with Crippen molar-refractivity contribution in [2.24, 2.45) is 5.41 Å². The second-order valence-corrected chi connectivity index (χ2v) is 16.3. The lowest BCUT2D eigenvalue weighted by Gasteiger charge is -2.43. The molecule has 264 valence electrons. The highest BCUT2D eigenvalue weighted by atomic mass is 32.1. The average molecular weight is 727 g/mol. The number of fused-ring (bicyclic) bond motifs is 2. The van der Waals surface area contributed by atoms with Crippen molar-refractivity contribution >= 4 is 46.7 Å². The van der Waals surface area contributed by atoms with Gasteiger partial charge in [-0.3, -0.25) is 23.9 Å². The molecular weight excluding hydrogens is 689 g/mol. The first-order valence-electron chi connectivity index (χ1n) is 16.0. The molecular formula is C35H37F2N4O7PS. The number of hydrogen-bond donors (Lipinski definition) is 3. The molecule has 1 fully saturated rings. The van der Waals surface area contributed by atoms with Gasteiger partial charge in [-0.1, -0.05) is 51.1 Å². The summed E-state index contributed by atoms with van der Waals surface area (Å²) in [6, 6.07) is 13.9. The molecule has 0 radical (unpaired) electrons. The summed E-state index contributed by atoms with van der Waals surface area (Å²) >= 11 is 0.993. The molecule has 1 saturated heterocycles. The molecule has 2 aliphatic rings. The number of carbonyl (C=O) groups is 3. The average Bonchev–Trinajstić information content (AvgIpc) is 3.53. The van der Waals surface area contributed by atoms with Crippen LogP contribution in [0.15, 0.2) is 73.1 Å². The third-order valence-electron chi connectivity index (χ3n) is 9.11. The van der Waals surface area contributed by atoms with Crippen LogP contribution >= 0.6 is 18.9 Å². The maximum Gasteiger partial charge on any atom is 0.399 e. The molecule has 0 bridgehead atoms. The van der Waals surface area contributed by atoms with E-state index in [-0.39, 0.29) is 28.8 Å². The molecule has 0 aliphatic carbocycles. The van der Waals surface area contributed by atoms with E-state index < -0.39 is 48.1 Å². The molecule has 2 unspecified atom stereocenters. The fraction of sp³-hybridized carbons (Fsp3) is 0.371. The van der Waals surface area contributed by atoms with Gasteiger partial charge in [0.25, 0.3) is 5.91 Å². The van der Waals surface area contributed by atoms with Gasteiger partial charge in [0, 0.05) is 42.2 Å². The highest BCUT2D eigenvalue weighted by molar-refractivity contribution is 7.52. The van der Waals surface area contributed by atoms with Gasteiger partial charge in [-0.2, -0.15) is 8.78 Å². The molecule has 3 atom stereocenters. The van der Waals surface area contributed by atoms with Gasteiger partial charge < -0.3 is 29.6 Å². The highest BCUT2D eigenvalue weighted by Crippen LogP contribution is 2.59. The van der Waals surface area contributed by atoms with Gasteiger partial charge in [0.15, 0.2) is 0 Å². The smallest absolute Gasteiger partial charge is 0.370 e. The minimum Gasteiger partial charge on any atom is -0.370 e. The third-order valence-corrected chi connectivity index (χ3v) is 11.2. The standard InChI is InChI=1S/C35H37F2N4O7PS/c1-34(2,3)30(39-31(42)29-18-24-16-25(8-9-28(24)50-29)35(36,37)49(45,46)47)33(44)41-19-23-7-5-4-6-22(23)17-26(41)32(43)40-14-15-48-27(20-40)21-10-12-38-13-11-21/h4-13,16,18,26-27,30H,14-15,17,19-20H2,1-3H3,(H,39,42)(H2,45,46,47)/t26-,27?,30?/m0/s1. The first kappa shape index (κ1) is 35.7. The molecule has 2 aromatic heterocycles. The Morgan fingerprint density at radius 1 is 1.04 bits per heavy atom. The Kier molecular flexibility index (Phi) is 9.70. The van der Waals surface area contributed by atoms with Crippen LogP contribution < -0.4 is 5.32 Å². The summed E-state index contributed by atoms with van der Waals surface area (Å²) in [5.41, 5.74) is -3.34. The lowest BCUT2D eigenvalue weighted by Crippen LogP contribution is -2.61. The maximum absolute atomic E-state index is 14.6. The molecule has 15 heteroatoms. The van der Waals surface area contributed by atoms with Gasteiger partial charge in [0.2, 0.25) is 11.8 Å². The number of carbonyl (C=O) groups excluding carboxylic acids is 3. The number of thiophene rings is 1. The summed E-state index contributed by atoms with van der Waals surface area (Å²) in [6.07, 6.45) is 3.28. The zero-order valence-electron chi connectivity index (χ0n) is 27.6. The number of halogens is 2. The number of nitrogens with one attached hydrogen (secondary N) is 1. The van der Waals surface area contributed by atoms with Crippen LogP contribution in [0.3, 0.4) is 0 Å². The van der Waals surface area contributed by atoms with Gasteiger partial charge in [0.1, 0.15) is 18.2 Å². The Morgan fingerprint density at radius 3 is 2.42 bits per heavy atom. The molecule has 50 heavy (non-hydrogen) atoms. The maximum atomic E-state index is 14.6. The summed E-state index contributed by atoms with van der Waals surface area (Å²) in [5.74, 6) is -1.29. The SMILES string of the molecule is CC(C)(C)C(NC(=O)c1cc2cc(C(F)(F)P(=O)(O)O)ccc2s1)C(=O)N1Cc2ccccc2C[C@H]1C(=O)N1CCOC(c2ccncc2)C1. The monoisotopic (exact) mass is 726 g/mol. The number of benzene rings is 2. The molecule has 3 amide bonds. The normalized spacial score (nSPS) is 19.2. The zero-order valence-corrected chi connectivity index (χ0v) is 29.3. The van der Waals surface area contributed by atoms with E-state index >= 15 is 0 Å². The molecule has 2 aromatic carbocycles. The number of alkyl halides is 2. The van der Waals surface area contributed by atoms with E-state index in [2.05, 4.69) is 10.3 Å². The minimum atomic E-state index is -5.79.